The molecular formula is C14H23N3O2S. The number of rotatable bonds is 5. The molecule has 1 unspecified atom stereocenters. The molecule has 0 spiro atoms. The van der Waals surface area contributed by atoms with Gasteiger partial charge in [0.2, 0.25) is 10.0 Å². The van der Waals surface area contributed by atoms with Gasteiger partial charge >= 0.3 is 0 Å². The summed E-state index contributed by atoms with van der Waals surface area (Å²) in [6.45, 7) is 1.51. The van der Waals surface area contributed by atoms with Crippen molar-refractivity contribution in [3.63, 3.8) is 0 Å². The average Bonchev–Trinajstić information content (AvgIpc) is 2.46. The SMILES string of the molecule is CNc1ccccc1S(=O)(=O)NCC1CCCCN1C. The molecule has 1 aliphatic heterocycles. The number of benzene rings is 1. The van der Waals surface area contributed by atoms with E-state index in [-0.39, 0.29) is 0 Å². The maximum Gasteiger partial charge on any atom is 0.242 e. The van der Waals surface area contributed by atoms with Gasteiger partial charge in [-0.3, -0.25) is 0 Å². The van der Waals surface area contributed by atoms with Crippen LogP contribution in [0.3, 0.4) is 0 Å². The first kappa shape index (κ1) is 15.3. The number of anilines is 1. The van der Waals surface area contributed by atoms with Crippen LogP contribution < -0.4 is 10.0 Å². The van der Waals surface area contributed by atoms with Crippen molar-refractivity contribution in [3.05, 3.63) is 24.3 Å². The number of likely N-dealkylation sites (tertiary alicyclic amines) is 1. The van der Waals surface area contributed by atoms with E-state index in [0.717, 1.165) is 13.0 Å². The lowest BCUT2D eigenvalue weighted by Crippen LogP contribution is -2.44. The molecule has 6 heteroatoms. The van der Waals surface area contributed by atoms with Gasteiger partial charge in [-0.15, -0.1) is 0 Å². The Balaban J connectivity index is 2.07. The predicted molar refractivity (Wildman–Crippen MR) is 81.4 cm³/mol. The molecule has 1 fully saturated rings. The lowest BCUT2D eigenvalue weighted by molar-refractivity contribution is 0.187. The standard InChI is InChI=1S/C14H23N3O2S/c1-15-13-8-3-4-9-14(13)20(18,19)16-11-12-7-5-6-10-17(12)2/h3-4,8-9,12,15-16H,5-7,10-11H2,1-2H3. The number of hydrogen-bond donors (Lipinski definition) is 2. The molecule has 0 aliphatic carbocycles. The fourth-order valence-corrected chi connectivity index (χ4v) is 3.88. The molecule has 20 heavy (non-hydrogen) atoms. The van der Waals surface area contributed by atoms with Gasteiger partial charge in [0.15, 0.2) is 0 Å². The van der Waals surface area contributed by atoms with Crippen molar-refractivity contribution < 1.29 is 8.42 Å². The van der Waals surface area contributed by atoms with Crippen molar-refractivity contribution in [2.45, 2.75) is 30.2 Å². The van der Waals surface area contributed by atoms with Gasteiger partial charge in [-0.2, -0.15) is 0 Å². The number of likely N-dealkylation sites (N-methyl/N-ethyl adjacent to an activating group) is 1. The van der Waals surface area contributed by atoms with Crippen LogP contribution in [0.15, 0.2) is 29.2 Å². The second-order valence-corrected chi connectivity index (χ2v) is 6.96. The molecule has 0 aromatic heterocycles. The summed E-state index contributed by atoms with van der Waals surface area (Å²) in [4.78, 5) is 2.54. The average molecular weight is 297 g/mol. The summed E-state index contributed by atoms with van der Waals surface area (Å²) < 4.78 is 27.5. The van der Waals surface area contributed by atoms with Crippen LogP contribution in [0.25, 0.3) is 0 Å². The van der Waals surface area contributed by atoms with Gasteiger partial charge in [0.1, 0.15) is 4.90 Å². The van der Waals surface area contributed by atoms with E-state index in [1.807, 2.05) is 6.07 Å². The third-order valence-electron chi connectivity index (χ3n) is 3.88. The van der Waals surface area contributed by atoms with E-state index in [4.69, 9.17) is 0 Å². The lowest BCUT2D eigenvalue weighted by Gasteiger charge is -2.32. The molecular weight excluding hydrogens is 274 g/mol. The van der Waals surface area contributed by atoms with Crippen LogP contribution in [0.5, 0.6) is 0 Å². The normalized spacial score (nSPS) is 20.8. The Bertz CT molecular complexity index is 545. The first-order valence-electron chi connectivity index (χ1n) is 7.01. The summed E-state index contributed by atoms with van der Waals surface area (Å²) in [5.41, 5.74) is 0.622. The Morgan fingerprint density at radius 3 is 2.75 bits per heavy atom. The van der Waals surface area contributed by atoms with Gasteiger partial charge in [0, 0.05) is 19.6 Å². The molecule has 2 N–H and O–H groups in total. The first-order valence-corrected chi connectivity index (χ1v) is 8.49. The fourth-order valence-electron chi connectivity index (χ4n) is 2.59. The van der Waals surface area contributed by atoms with Crippen molar-refractivity contribution in [3.8, 4) is 0 Å². The Morgan fingerprint density at radius 1 is 1.30 bits per heavy atom. The Labute approximate surface area is 121 Å². The summed E-state index contributed by atoms with van der Waals surface area (Å²) >= 11 is 0. The van der Waals surface area contributed by atoms with Crippen molar-refractivity contribution >= 4 is 15.7 Å². The number of nitrogens with zero attached hydrogens (tertiary/aromatic N) is 1. The summed E-state index contributed by atoms with van der Waals surface area (Å²) in [7, 11) is 0.316. The van der Waals surface area contributed by atoms with Crippen molar-refractivity contribution in [2.75, 3.05) is 32.5 Å². The van der Waals surface area contributed by atoms with Crippen molar-refractivity contribution in [1.29, 1.82) is 0 Å². The van der Waals surface area contributed by atoms with Crippen LogP contribution in [-0.4, -0.2) is 46.5 Å². The van der Waals surface area contributed by atoms with Crippen molar-refractivity contribution in [2.24, 2.45) is 0 Å². The summed E-state index contributed by atoms with van der Waals surface area (Å²) in [6, 6.07) is 7.24. The maximum absolute atomic E-state index is 12.4. The van der Waals surface area contributed by atoms with Crippen LogP contribution >= 0.6 is 0 Å². The second kappa shape index (κ2) is 6.56. The molecule has 0 radical (unpaired) electrons. The molecule has 1 aromatic rings. The molecule has 0 saturated carbocycles. The molecule has 5 nitrogen and oxygen atoms in total. The van der Waals surface area contributed by atoms with Crippen LogP contribution in [0.2, 0.25) is 0 Å². The molecule has 0 amide bonds. The highest BCUT2D eigenvalue weighted by Crippen LogP contribution is 2.20. The van der Waals surface area contributed by atoms with Crippen LogP contribution in [0, 0.1) is 0 Å². The zero-order chi connectivity index (χ0) is 14.6. The molecule has 1 aliphatic rings. The monoisotopic (exact) mass is 297 g/mol. The first-order chi connectivity index (χ1) is 9.54. The largest absolute Gasteiger partial charge is 0.387 e. The quantitative estimate of drug-likeness (QED) is 0.864. The molecule has 1 saturated heterocycles. The Morgan fingerprint density at radius 2 is 2.05 bits per heavy atom. The lowest BCUT2D eigenvalue weighted by atomic mass is 10.0. The van der Waals surface area contributed by atoms with Crippen LogP contribution in [0.1, 0.15) is 19.3 Å². The Hall–Kier alpha value is -1.11. The number of hydrogen-bond acceptors (Lipinski definition) is 4. The number of sulfonamides is 1. The van der Waals surface area contributed by atoms with Crippen LogP contribution in [-0.2, 0) is 10.0 Å². The molecule has 1 atom stereocenters. The van der Waals surface area contributed by atoms with Gasteiger partial charge in [-0.1, -0.05) is 18.6 Å². The van der Waals surface area contributed by atoms with Gasteiger partial charge in [0.25, 0.3) is 0 Å². The minimum atomic E-state index is -3.47. The zero-order valence-electron chi connectivity index (χ0n) is 12.1. The number of nitrogens with one attached hydrogen (secondary N) is 2. The topological polar surface area (TPSA) is 61.4 Å². The minimum Gasteiger partial charge on any atom is -0.387 e. The van der Waals surface area contributed by atoms with Crippen molar-refractivity contribution in [1.82, 2.24) is 9.62 Å². The highest BCUT2D eigenvalue weighted by Gasteiger charge is 2.23. The molecule has 2 rings (SSSR count). The number of para-hydroxylation sites is 1. The minimum absolute atomic E-state index is 0.292. The van der Waals surface area contributed by atoms with Crippen LogP contribution in [0.4, 0.5) is 5.69 Å². The van der Waals surface area contributed by atoms with E-state index in [9.17, 15) is 8.42 Å². The number of piperidine rings is 1. The van der Waals surface area contributed by atoms with Gasteiger partial charge in [0.05, 0.1) is 5.69 Å². The van der Waals surface area contributed by atoms with E-state index < -0.39 is 10.0 Å². The third-order valence-corrected chi connectivity index (χ3v) is 5.36. The maximum atomic E-state index is 12.4. The molecule has 1 aromatic carbocycles. The third kappa shape index (κ3) is 3.50. The van der Waals surface area contributed by atoms with E-state index in [1.54, 1.807) is 25.2 Å². The van der Waals surface area contributed by atoms with E-state index in [1.165, 1.54) is 12.8 Å². The summed E-state index contributed by atoms with van der Waals surface area (Å²) in [5, 5.41) is 2.92. The predicted octanol–water partition coefficient (Wildman–Crippen LogP) is 1.49. The second-order valence-electron chi connectivity index (χ2n) is 5.23. The van der Waals surface area contributed by atoms with Gasteiger partial charge < -0.3 is 10.2 Å². The Kier molecular flexibility index (Phi) is 5.01. The highest BCUT2D eigenvalue weighted by molar-refractivity contribution is 7.89. The molecule has 1 heterocycles. The summed E-state index contributed by atoms with van der Waals surface area (Å²) in [5.74, 6) is 0. The van der Waals surface area contributed by atoms with E-state index in [2.05, 4.69) is 22.0 Å². The van der Waals surface area contributed by atoms with Gasteiger partial charge in [-0.05, 0) is 38.6 Å². The molecule has 112 valence electrons. The smallest absolute Gasteiger partial charge is 0.242 e. The highest BCUT2D eigenvalue weighted by atomic mass is 32.2. The van der Waals surface area contributed by atoms with Gasteiger partial charge in [-0.25, -0.2) is 13.1 Å². The summed E-state index contributed by atoms with van der Waals surface area (Å²) in [6.07, 6.45) is 3.42. The van der Waals surface area contributed by atoms with E-state index in [0.29, 0.717) is 23.2 Å². The zero-order valence-corrected chi connectivity index (χ0v) is 12.9. The van der Waals surface area contributed by atoms with E-state index >= 15 is 0 Å². The molecule has 0 bridgehead atoms. The fraction of sp³-hybridized carbons (Fsp3) is 0.571.